The molecule has 0 atom stereocenters. The van der Waals surface area contributed by atoms with Crippen molar-refractivity contribution in [3.05, 3.63) is 124 Å². The van der Waals surface area contributed by atoms with Gasteiger partial charge in [-0.25, -0.2) is 9.13 Å². The smallest absolute Gasteiger partial charge is 0.283 e. The Morgan fingerprint density at radius 2 is 1.65 bits per heavy atom. The molecule has 2 heterocycles. The summed E-state index contributed by atoms with van der Waals surface area (Å²) in [5, 5.41) is 9.80. The van der Waals surface area contributed by atoms with Gasteiger partial charge in [0.1, 0.15) is 6.54 Å². The van der Waals surface area contributed by atoms with E-state index in [9.17, 15) is 9.90 Å². The number of aromatic nitrogens is 2. The first kappa shape index (κ1) is 26.4. The highest BCUT2D eigenvalue weighted by atomic mass is 32.1. The van der Waals surface area contributed by atoms with E-state index in [2.05, 4.69) is 95.5 Å². The van der Waals surface area contributed by atoms with Crippen LogP contribution in [0.15, 0.2) is 107 Å². The number of hydrogen-bond acceptors (Lipinski definition) is 4. The van der Waals surface area contributed by atoms with Crippen LogP contribution in [0.1, 0.15) is 37.7 Å². The molecule has 6 heteroatoms. The van der Waals surface area contributed by atoms with Crippen molar-refractivity contribution in [2.75, 3.05) is 11.5 Å². The van der Waals surface area contributed by atoms with Crippen LogP contribution in [0, 0.1) is 0 Å². The lowest BCUT2D eigenvalue weighted by Crippen LogP contribution is -2.38. The number of ketones is 1. The normalized spacial score (nSPS) is 18.2. The molecule has 2 aliphatic rings. The Bertz CT molecular complexity index is 1730. The third kappa shape index (κ3) is 4.14. The van der Waals surface area contributed by atoms with Gasteiger partial charge in [-0.15, -0.1) is 12.6 Å². The average molecular weight is 549 g/mol. The molecule has 0 unspecified atom stereocenters. The lowest BCUT2D eigenvalue weighted by Gasteiger charge is -2.29. The number of carbonyl (C=O) groups excluding carboxylic acids is 1. The second kappa shape index (κ2) is 10.3. The molecule has 1 N–H and O–H groups in total. The summed E-state index contributed by atoms with van der Waals surface area (Å²) in [5.41, 5.74) is 7.79. The van der Waals surface area contributed by atoms with Crippen LogP contribution in [0.25, 0.3) is 17.1 Å². The molecule has 5 nitrogen and oxygen atoms in total. The number of carbonyl (C=O) groups is 1. The molecule has 0 amide bonds. The fraction of sp³-hybridized carbons (Fsp3) is 0.235. The number of aliphatic hydroxyl groups excluding tert-OH is 1. The number of hydrogen-bond donors (Lipinski definition) is 2. The largest absolute Gasteiger partial charge is 0.392 e. The summed E-state index contributed by atoms with van der Waals surface area (Å²) in [5.74, 6) is 0.881. The fourth-order valence-electron chi connectivity index (χ4n) is 6.15. The van der Waals surface area contributed by atoms with Gasteiger partial charge in [0.05, 0.1) is 13.2 Å². The molecule has 1 aliphatic carbocycles. The first-order valence-corrected chi connectivity index (χ1v) is 14.3. The molecule has 1 aromatic heterocycles. The number of allylic oxidation sites excluding steroid dienone is 4. The van der Waals surface area contributed by atoms with Crippen molar-refractivity contribution < 1.29 is 14.5 Å². The first-order chi connectivity index (χ1) is 19.4. The number of rotatable bonds is 7. The van der Waals surface area contributed by atoms with Crippen molar-refractivity contribution in [1.82, 2.24) is 4.57 Å². The summed E-state index contributed by atoms with van der Waals surface area (Å²) in [6.07, 6.45) is 3.98. The number of para-hydroxylation sites is 3. The van der Waals surface area contributed by atoms with Gasteiger partial charge in [-0.3, -0.25) is 4.79 Å². The molecule has 0 saturated carbocycles. The van der Waals surface area contributed by atoms with Gasteiger partial charge >= 0.3 is 0 Å². The monoisotopic (exact) mass is 548 g/mol. The van der Waals surface area contributed by atoms with Crippen LogP contribution in [0.2, 0.25) is 0 Å². The summed E-state index contributed by atoms with van der Waals surface area (Å²) >= 11 is 4.86. The van der Waals surface area contributed by atoms with Crippen molar-refractivity contribution in [2.24, 2.45) is 0 Å². The van der Waals surface area contributed by atoms with Crippen molar-refractivity contribution in [3.63, 3.8) is 0 Å². The van der Waals surface area contributed by atoms with E-state index in [1.54, 1.807) is 0 Å². The first-order valence-electron chi connectivity index (χ1n) is 13.8. The predicted octanol–water partition coefficient (Wildman–Crippen LogP) is 5.97. The number of nitrogens with zero attached hydrogens (tertiary/aromatic N) is 3. The zero-order valence-corrected chi connectivity index (χ0v) is 24.0. The lowest BCUT2D eigenvalue weighted by atomic mass is 9.81. The Morgan fingerprint density at radius 3 is 2.38 bits per heavy atom. The number of Topliss-reactive ketones (excluding diaryl/α,β-unsaturated/α-hetero) is 1. The fourth-order valence-corrected chi connectivity index (χ4v) is 6.48. The van der Waals surface area contributed by atoms with Crippen molar-refractivity contribution in [2.45, 2.75) is 45.8 Å². The highest BCUT2D eigenvalue weighted by molar-refractivity contribution is 7.85. The topological polar surface area (TPSA) is 49.4 Å². The van der Waals surface area contributed by atoms with Crippen LogP contribution in [0.4, 0.5) is 5.69 Å². The van der Waals surface area contributed by atoms with Gasteiger partial charge in [0.15, 0.2) is 16.8 Å². The molecular formula is C34H34N3O2S+. The third-order valence-electron chi connectivity index (χ3n) is 8.19. The number of fused-ring (bicyclic) bond motifs is 2. The molecule has 3 aromatic carbocycles. The predicted molar refractivity (Wildman–Crippen MR) is 164 cm³/mol. The number of aryl methyl sites for hydroxylation is 1. The minimum atomic E-state index is -0.273. The van der Waals surface area contributed by atoms with Crippen LogP contribution in [0.5, 0.6) is 0 Å². The van der Waals surface area contributed by atoms with Gasteiger partial charge in [-0.2, -0.15) is 0 Å². The van der Waals surface area contributed by atoms with Crippen LogP contribution < -0.4 is 9.47 Å². The number of thiol groups is 1. The van der Waals surface area contributed by atoms with Crippen molar-refractivity contribution >= 4 is 41.2 Å². The van der Waals surface area contributed by atoms with Gasteiger partial charge in [0.25, 0.3) is 5.82 Å². The van der Waals surface area contributed by atoms with Crippen molar-refractivity contribution in [3.8, 4) is 0 Å². The minimum Gasteiger partial charge on any atom is -0.392 e. The zero-order chi connectivity index (χ0) is 28.0. The minimum absolute atomic E-state index is 0.00706. The summed E-state index contributed by atoms with van der Waals surface area (Å²) in [7, 11) is 0. The molecule has 0 bridgehead atoms. The van der Waals surface area contributed by atoms with Gasteiger partial charge in [0, 0.05) is 45.5 Å². The standard InChI is InChI=1S/C34H33N3O2S/c1-4-35-28-16-10-11-17-29(28)36(18-19-38)31(35)21-25-32(39)24(33(25)40)20-30-34(2,3)26-14-8-9-15-27(26)37(30)22-23-12-6-5-7-13-23/h5-17,20-21,38H,4,18-19,22H2,1-3H3/p+1. The maximum atomic E-state index is 13.7. The summed E-state index contributed by atoms with van der Waals surface area (Å²) in [6.45, 7) is 8.46. The second-order valence-corrected chi connectivity index (χ2v) is 11.3. The molecular weight excluding hydrogens is 514 g/mol. The van der Waals surface area contributed by atoms with Gasteiger partial charge < -0.3 is 10.0 Å². The number of benzene rings is 3. The molecule has 0 fully saturated rings. The third-order valence-corrected chi connectivity index (χ3v) is 8.67. The van der Waals surface area contributed by atoms with E-state index in [-0.39, 0.29) is 17.8 Å². The quantitative estimate of drug-likeness (QED) is 0.170. The number of imidazole rings is 1. The second-order valence-electron chi connectivity index (χ2n) is 10.9. The summed E-state index contributed by atoms with van der Waals surface area (Å²) in [4.78, 5) is 16.7. The molecule has 202 valence electrons. The summed E-state index contributed by atoms with van der Waals surface area (Å²) in [6, 6.07) is 27.1. The summed E-state index contributed by atoms with van der Waals surface area (Å²) < 4.78 is 4.26. The highest BCUT2D eigenvalue weighted by Crippen LogP contribution is 2.49. The van der Waals surface area contributed by atoms with Crippen LogP contribution in [-0.2, 0) is 29.8 Å². The maximum Gasteiger partial charge on any atom is 0.283 e. The van der Waals surface area contributed by atoms with E-state index in [0.717, 1.165) is 35.6 Å². The molecule has 40 heavy (non-hydrogen) atoms. The van der Waals surface area contributed by atoms with Gasteiger partial charge in [-0.05, 0) is 42.3 Å². The van der Waals surface area contributed by atoms with E-state index in [4.69, 9.17) is 12.6 Å². The van der Waals surface area contributed by atoms with E-state index in [0.29, 0.717) is 22.6 Å². The SMILES string of the molecule is CCn1c(C=C2C(=O)C(C=C3N(Cc4ccccc4)c4ccccc4C3(C)C)=C2S)[n+](CCO)c2ccccc21. The highest BCUT2D eigenvalue weighted by Gasteiger charge is 2.42. The average Bonchev–Trinajstić information content (AvgIpc) is 3.38. The Kier molecular flexibility index (Phi) is 6.77. The zero-order valence-electron chi connectivity index (χ0n) is 23.1. The van der Waals surface area contributed by atoms with Gasteiger partial charge in [0.2, 0.25) is 0 Å². The molecule has 6 rings (SSSR count). The van der Waals surface area contributed by atoms with Gasteiger partial charge in [-0.1, -0.05) is 74.5 Å². The lowest BCUT2D eigenvalue weighted by molar-refractivity contribution is -0.675. The van der Waals surface area contributed by atoms with Crippen molar-refractivity contribution in [1.29, 1.82) is 0 Å². The molecule has 4 aromatic rings. The van der Waals surface area contributed by atoms with Crippen LogP contribution >= 0.6 is 12.6 Å². The van der Waals surface area contributed by atoms with Crippen LogP contribution in [-0.4, -0.2) is 22.1 Å². The number of aliphatic hydroxyl groups is 1. The van der Waals surface area contributed by atoms with Crippen LogP contribution in [0.3, 0.4) is 0 Å². The van der Waals surface area contributed by atoms with E-state index >= 15 is 0 Å². The van der Waals surface area contributed by atoms with E-state index in [1.165, 1.54) is 16.8 Å². The Hall–Kier alpha value is -3.87. The Balaban J connectivity index is 1.45. The molecule has 0 saturated heterocycles. The maximum absolute atomic E-state index is 13.7. The van der Waals surface area contributed by atoms with E-state index < -0.39 is 0 Å². The number of anilines is 1. The molecule has 0 spiro atoms. The molecule has 0 radical (unpaired) electrons. The molecule has 1 aliphatic heterocycles. The Labute approximate surface area is 240 Å². The van der Waals surface area contributed by atoms with E-state index in [1.807, 2.05) is 30.4 Å². The Morgan fingerprint density at radius 1 is 0.950 bits per heavy atom.